The van der Waals surface area contributed by atoms with Crippen LogP contribution >= 0.6 is 0 Å². The maximum Gasteiger partial charge on any atom is 0.312 e. The Balaban J connectivity index is 2.87. The van der Waals surface area contributed by atoms with Gasteiger partial charge in [0, 0.05) is 6.42 Å². The molecule has 1 aromatic heterocycles. The molecule has 8 nitrogen and oxygen atoms in total. The molecule has 1 atom stereocenters. The lowest BCUT2D eigenvalue weighted by molar-refractivity contribution is -0.386. The summed E-state index contributed by atoms with van der Waals surface area (Å²) in [6, 6.07) is -0.102. The Morgan fingerprint density at radius 1 is 1.61 bits per heavy atom. The summed E-state index contributed by atoms with van der Waals surface area (Å²) in [5.74, 6) is 4.72. The van der Waals surface area contributed by atoms with E-state index in [1.807, 2.05) is 12.3 Å². The van der Waals surface area contributed by atoms with Crippen LogP contribution in [0.3, 0.4) is 0 Å². The number of carbonyl (C=O) groups is 1. The summed E-state index contributed by atoms with van der Waals surface area (Å²) in [7, 11) is 0. The first-order chi connectivity index (χ1) is 8.38. The highest BCUT2D eigenvalue weighted by Gasteiger charge is 2.24. The summed E-state index contributed by atoms with van der Waals surface area (Å²) in [6.07, 6.45) is 0.770. The highest BCUT2D eigenvalue weighted by atomic mass is 16.6. The maximum absolute atomic E-state index is 11.0. The number of nitrogens with zero attached hydrogens (tertiary/aromatic N) is 3. The van der Waals surface area contributed by atoms with Gasteiger partial charge in [-0.05, 0) is 27.2 Å². The monoisotopic (exact) mass is 255 g/mol. The van der Waals surface area contributed by atoms with Gasteiger partial charge in [-0.25, -0.2) is 5.84 Å². The van der Waals surface area contributed by atoms with E-state index in [0.29, 0.717) is 17.8 Å². The van der Waals surface area contributed by atoms with Gasteiger partial charge in [0.05, 0.1) is 11.0 Å². The molecule has 0 radical (unpaired) electrons. The predicted molar refractivity (Wildman–Crippen MR) is 64.6 cm³/mol. The second kappa shape index (κ2) is 5.58. The molecule has 1 aromatic rings. The summed E-state index contributed by atoms with van der Waals surface area (Å²) >= 11 is 0. The number of carbonyl (C=O) groups excluding carboxylic acids is 1. The smallest absolute Gasteiger partial charge is 0.294 e. The zero-order valence-electron chi connectivity index (χ0n) is 10.6. The minimum atomic E-state index is -0.437. The first-order valence-corrected chi connectivity index (χ1v) is 5.58. The van der Waals surface area contributed by atoms with E-state index in [1.165, 1.54) is 0 Å². The SMILES string of the molecule is Cc1nn(C(C)CCC(=O)NN)c(C)c1[N+](=O)[O-]. The molecule has 18 heavy (non-hydrogen) atoms. The summed E-state index contributed by atoms with van der Waals surface area (Å²) in [4.78, 5) is 21.5. The molecule has 0 saturated heterocycles. The predicted octanol–water partition coefficient (Wildman–Crippen LogP) is 0.739. The molecule has 1 heterocycles. The van der Waals surface area contributed by atoms with Crippen molar-refractivity contribution in [2.45, 2.75) is 39.7 Å². The van der Waals surface area contributed by atoms with E-state index in [2.05, 4.69) is 5.10 Å². The Morgan fingerprint density at radius 2 is 2.22 bits per heavy atom. The lowest BCUT2D eigenvalue weighted by Crippen LogP contribution is -2.30. The van der Waals surface area contributed by atoms with Crippen molar-refractivity contribution >= 4 is 11.6 Å². The quantitative estimate of drug-likeness (QED) is 0.348. The summed E-state index contributed by atoms with van der Waals surface area (Å²) < 4.78 is 1.58. The normalized spacial score (nSPS) is 12.2. The van der Waals surface area contributed by atoms with Crippen LogP contribution in [0, 0.1) is 24.0 Å². The van der Waals surface area contributed by atoms with E-state index in [9.17, 15) is 14.9 Å². The highest BCUT2D eigenvalue weighted by molar-refractivity contribution is 5.75. The second-order valence-electron chi connectivity index (χ2n) is 4.18. The standard InChI is InChI=1S/C10H17N5O3/c1-6(4-5-9(16)12-11)14-8(3)10(15(17)18)7(2)13-14/h6H,4-5,11H2,1-3H3,(H,12,16). The third-order valence-corrected chi connectivity index (χ3v) is 2.84. The first kappa shape index (κ1) is 14.1. The van der Waals surface area contributed by atoms with Crippen molar-refractivity contribution < 1.29 is 9.72 Å². The topological polar surface area (TPSA) is 116 Å². The molecule has 100 valence electrons. The highest BCUT2D eigenvalue weighted by Crippen LogP contribution is 2.26. The maximum atomic E-state index is 11.0. The molecule has 0 bridgehead atoms. The lowest BCUT2D eigenvalue weighted by Gasteiger charge is -2.12. The zero-order chi connectivity index (χ0) is 13.9. The summed E-state index contributed by atoms with van der Waals surface area (Å²) in [6.45, 7) is 5.10. The summed E-state index contributed by atoms with van der Waals surface area (Å²) in [5.41, 5.74) is 2.96. The van der Waals surface area contributed by atoms with Gasteiger partial charge in [0.2, 0.25) is 5.91 Å². The fourth-order valence-corrected chi connectivity index (χ4v) is 1.88. The third-order valence-electron chi connectivity index (χ3n) is 2.84. The van der Waals surface area contributed by atoms with Gasteiger partial charge in [0.25, 0.3) is 0 Å². The van der Waals surface area contributed by atoms with Crippen LogP contribution in [-0.2, 0) is 4.79 Å². The van der Waals surface area contributed by atoms with Gasteiger partial charge in [0.1, 0.15) is 11.4 Å². The van der Waals surface area contributed by atoms with Gasteiger partial charge in [-0.15, -0.1) is 0 Å². The Bertz CT molecular complexity index is 468. The van der Waals surface area contributed by atoms with Gasteiger partial charge < -0.3 is 0 Å². The number of hydrazine groups is 1. The fourth-order valence-electron chi connectivity index (χ4n) is 1.88. The number of hydrogen-bond donors (Lipinski definition) is 2. The molecule has 1 rings (SSSR count). The van der Waals surface area contributed by atoms with Crippen LogP contribution < -0.4 is 11.3 Å². The van der Waals surface area contributed by atoms with E-state index in [4.69, 9.17) is 5.84 Å². The Morgan fingerprint density at radius 3 is 2.67 bits per heavy atom. The number of nitrogens with one attached hydrogen (secondary N) is 1. The largest absolute Gasteiger partial charge is 0.312 e. The van der Waals surface area contributed by atoms with Gasteiger partial charge in [-0.2, -0.15) is 5.10 Å². The van der Waals surface area contributed by atoms with Crippen molar-refractivity contribution in [3.05, 3.63) is 21.5 Å². The Kier molecular flexibility index (Phi) is 4.38. The van der Waals surface area contributed by atoms with E-state index in [-0.39, 0.29) is 24.1 Å². The number of nitro groups is 1. The Labute approximate surface area is 104 Å². The van der Waals surface area contributed by atoms with Gasteiger partial charge >= 0.3 is 5.69 Å². The fraction of sp³-hybridized carbons (Fsp3) is 0.600. The van der Waals surface area contributed by atoms with Crippen LogP contribution in [0.4, 0.5) is 5.69 Å². The molecule has 0 spiro atoms. The van der Waals surface area contributed by atoms with Crippen molar-refractivity contribution in [1.29, 1.82) is 0 Å². The molecule has 0 aliphatic heterocycles. The van der Waals surface area contributed by atoms with Gasteiger partial charge in [-0.3, -0.25) is 25.0 Å². The van der Waals surface area contributed by atoms with Gasteiger partial charge in [-0.1, -0.05) is 0 Å². The Hall–Kier alpha value is -1.96. The molecule has 0 aliphatic rings. The molecule has 0 aromatic carbocycles. The molecule has 1 unspecified atom stereocenters. The molecule has 0 aliphatic carbocycles. The van der Waals surface area contributed by atoms with Crippen molar-refractivity contribution in [1.82, 2.24) is 15.2 Å². The van der Waals surface area contributed by atoms with Crippen molar-refractivity contribution in [2.24, 2.45) is 5.84 Å². The third kappa shape index (κ3) is 2.83. The molecule has 0 fully saturated rings. The second-order valence-corrected chi connectivity index (χ2v) is 4.18. The number of hydrogen-bond acceptors (Lipinski definition) is 5. The molecular weight excluding hydrogens is 238 g/mol. The molecule has 3 N–H and O–H groups in total. The van der Waals surface area contributed by atoms with Crippen LogP contribution in [0.25, 0.3) is 0 Å². The van der Waals surface area contributed by atoms with Crippen LogP contribution in [0.1, 0.15) is 37.2 Å². The van der Waals surface area contributed by atoms with Crippen molar-refractivity contribution in [2.75, 3.05) is 0 Å². The molecule has 8 heteroatoms. The zero-order valence-corrected chi connectivity index (χ0v) is 10.6. The number of rotatable bonds is 5. The minimum absolute atomic E-state index is 0.0325. The molecular formula is C10H17N5O3. The van der Waals surface area contributed by atoms with E-state index < -0.39 is 4.92 Å². The van der Waals surface area contributed by atoms with Crippen LogP contribution in [0.2, 0.25) is 0 Å². The number of aryl methyl sites for hydroxylation is 1. The summed E-state index contributed by atoms with van der Waals surface area (Å²) in [5, 5.41) is 15.0. The van der Waals surface area contributed by atoms with E-state index in [1.54, 1.807) is 18.5 Å². The van der Waals surface area contributed by atoms with Gasteiger partial charge in [0.15, 0.2) is 0 Å². The average Bonchev–Trinajstić information content (AvgIpc) is 2.61. The average molecular weight is 255 g/mol. The van der Waals surface area contributed by atoms with Crippen LogP contribution in [0.15, 0.2) is 0 Å². The van der Waals surface area contributed by atoms with Crippen molar-refractivity contribution in [3.8, 4) is 0 Å². The lowest BCUT2D eigenvalue weighted by atomic mass is 10.2. The number of nitrogens with two attached hydrogens (primary N) is 1. The number of amides is 1. The number of aromatic nitrogens is 2. The van der Waals surface area contributed by atoms with Crippen LogP contribution in [-0.4, -0.2) is 20.6 Å². The molecule has 1 amide bonds. The van der Waals surface area contributed by atoms with Crippen LogP contribution in [0.5, 0.6) is 0 Å². The van der Waals surface area contributed by atoms with Crippen molar-refractivity contribution in [3.63, 3.8) is 0 Å². The van der Waals surface area contributed by atoms with E-state index in [0.717, 1.165) is 0 Å². The molecule has 0 saturated carbocycles. The first-order valence-electron chi connectivity index (χ1n) is 5.58. The van der Waals surface area contributed by atoms with E-state index >= 15 is 0 Å². The minimum Gasteiger partial charge on any atom is -0.294 e.